The molecule has 0 unspecified atom stereocenters. The molecule has 1 heterocycles. The van der Waals surface area contributed by atoms with Crippen LogP contribution in [-0.4, -0.2) is 59.5 Å². The van der Waals surface area contributed by atoms with Crippen LogP contribution in [0.15, 0.2) is 24.3 Å². The maximum absolute atomic E-state index is 6.17. The van der Waals surface area contributed by atoms with Gasteiger partial charge in [-0.15, -0.1) is 0 Å². The molecule has 0 saturated carbocycles. The monoisotopic (exact) mass is 308 g/mol. The second kappa shape index (κ2) is 8.04. The molecule has 2 aliphatic carbocycles. The van der Waals surface area contributed by atoms with Gasteiger partial charge in [-0.25, -0.2) is 0 Å². The molecule has 5 heteroatoms. The third-order valence-electron chi connectivity index (χ3n) is 4.09. The number of rotatable bonds is 0. The average molecular weight is 308 g/mol. The Labute approximate surface area is 131 Å². The summed E-state index contributed by atoms with van der Waals surface area (Å²) < 4.78 is 28.2. The van der Waals surface area contributed by atoms with Crippen LogP contribution in [0.4, 0.5) is 0 Å². The van der Waals surface area contributed by atoms with Crippen molar-refractivity contribution in [2.75, 3.05) is 59.5 Å². The van der Waals surface area contributed by atoms with Crippen molar-refractivity contribution in [2.24, 2.45) is 0 Å². The third-order valence-corrected chi connectivity index (χ3v) is 4.09. The molecule has 0 aromatic heterocycles. The molecule has 2 bridgehead atoms. The molecule has 1 aromatic carbocycles. The van der Waals surface area contributed by atoms with Crippen LogP contribution in [0.2, 0.25) is 0 Å². The first kappa shape index (κ1) is 15.9. The van der Waals surface area contributed by atoms with E-state index in [-0.39, 0.29) is 5.60 Å². The van der Waals surface area contributed by atoms with Crippen LogP contribution in [0.1, 0.15) is 17.5 Å². The predicted octanol–water partition coefficient (Wildman–Crippen LogP) is 1.73. The van der Waals surface area contributed by atoms with Crippen molar-refractivity contribution >= 4 is 0 Å². The lowest BCUT2D eigenvalue weighted by atomic mass is 9.74. The van der Waals surface area contributed by atoms with Gasteiger partial charge in [-0.3, -0.25) is 0 Å². The summed E-state index contributed by atoms with van der Waals surface area (Å²) in [6, 6.07) is 8.48. The number of fused-ring (bicyclic) bond motifs is 2. The Balaban J connectivity index is 1.54. The van der Waals surface area contributed by atoms with Crippen molar-refractivity contribution in [2.45, 2.75) is 12.0 Å². The van der Waals surface area contributed by atoms with Crippen molar-refractivity contribution < 1.29 is 23.7 Å². The van der Waals surface area contributed by atoms with Gasteiger partial charge in [0.1, 0.15) is 5.60 Å². The van der Waals surface area contributed by atoms with Gasteiger partial charge < -0.3 is 23.7 Å². The van der Waals surface area contributed by atoms with E-state index in [4.69, 9.17) is 23.7 Å². The molecular weight excluding hydrogens is 284 g/mol. The fourth-order valence-electron chi connectivity index (χ4n) is 2.89. The highest BCUT2D eigenvalue weighted by Crippen LogP contribution is 2.45. The van der Waals surface area contributed by atoms with Crippen molar-refractivity contribution in [3.05, 3.63) is 35.4 Å². The summed E-state index contributed by atoms with van der Waals surface area (Å²) in [5.41, 5.74) is 2.16. The van der Waals surface area contributed by atoms with E-state index in [9.17, 15) is 0 Å². The summed E-state index contributed by atoms with van der Waals surface area (Å²) in [4.78, 5) is 0. The maximum Gasteiger partial charge on any atom is 0.120 e. The molecule has 0 amide bonds. The summed E-state index contributed by atoms with van der Waals surface area (Å²) >= 11 is 0. The minimum absolute atomic E-state index is 0.299. The van der Waals surface area contributed by atoms with E-state index in [1.165, 1.54) is 11.1 Å². The quantitative estimate of drug-likeness (QED) is 0.730. The lowest BCUT2D eigenvalue weighted by Crippen LogP contribution is -2.40. The summed E-state index contributed by atoms with van der Waals surface area (Å²) in [6.45, 7) is 5.38. The Morgan fingerprint density at radius 3 is 1.68 bits per heavy atom. The topological polar surface area (TPSA) is 46.2 Å². The van der Waals surface area contributed by atoms with E-state index in [0.29, 0.717) is 59.5 Å². The smallest absolute Gasteiger partial charge is 0.120 e. The second-order valence-corrected chi connectivity index (χ2v) is 5.46. The van der Waals surface area contributed by atoms with Crippen LogP contribution in [0.3, 0.4) is 0 Å². The molecule has 0 N–H and O–H groups in total. The highest BCUT2D eigenvalue weighted by atomic mass is 16.6. The highest BCUT2D eigenvalue weighted by Gasteiger charge is 2.42. The van der Waals surface area contributed by atoms with Gasteiger partial charge in [0, 0.05) is 6.42 Å². The van der Waals surface area contributed by atoms with Crippen LogP contribution in [0, 0.1) is 0 Å². The van der Waals surface area contributed by atoms with Gasteiger partial charge in [0.25, 0.3) is 0 Å². The Morgan fingerprint density at radius 1 is 0.636 bits per heavy atom. The molecule has 122 valence electrons. The van der Waals surface area contributed by atoms with Crippen molar-refractivity contribution in [3.8, 4) is 0 Å². The minimum atomic E-state index is -0.299. The van der Waals surface area contributed by atoms with E-state index in [2.05, 4.69) is 24.3 Å². The molecular formula is C17H24O5. The van der Waals surface area contributed by atoms with E-state index >= 15 is 0 Å². The van der Waals surface area contributed by atoms with E-state index in [1.54, 1.807) is 0 Å². The molecule has 0 radical (unpaired) electrons. The van der Waals surface area contributed by atoms with Crippen molar-refractivity contribution in [3.63, 3.8) is 0 Å². The Hall–Kier alpha value is -0.980. The Bertz CT molecular complexity index is 417. The first-order valence-electron chi connectivity index (χ1n) is 7.98. The van der Waals surface area contributed by atoms with Crippen molar-refractivity contribution in [1.29, 1.82) is 0 Å². The van der Waals surface area contributed by atoms with Crippen LogP contribution < -0.4 is 0 Å². The Kier molecular flexibility index (Phi) is 5.81. The molecule has 1 spiro atoms. The van der Waals surface area contributed by atoms with E-state index < -0.39 is 0 Å². The molecule has 1 aliphatic heterocycles. The van der Waals surface area contributed by atoms with Crippen LogP contribution in [0.25, 0.3) is 0 Å². The molecule has 0 atom stereocenters. The molecule has 1 fully saturated rings. The number of hydrogen-bond acceptors (Lipinski definition) is 5. The third kappa shape index (κ3) is 3.67. The van der Waals surface area contributed by atoms with E-state index in [1.807, 2.05) is 0 Å². The van der Waals surface area contributed by atoms with Gasteiger partial charge >= 0.3 is 0 Å². The number of ether oxygens (including phenoxy) is 5. The zero-order chi connectivity index (χ0) is 15.1. The van der Waals surface area contributed by atoms with Gasteiger partial charge in [0.2, 0.25) is 0 Å². The lowest BCUT2D eigenvalue weighted by molar-refractivity contribution is -0.0819. The number of hydrogen-bond donors (Lipinski definition) is 0. The highest BCUT2D eigenvalue weighted by molar-refractivity contribution is 5.48. The Morgan fingerprint density at radius 2 is 1.14 bits per heavy atom. The minimum Gasteiger partial charge on any atom is -0.379 e. The van der Waals surface area contributed by atoms with Gasteiger partial charge in [-0.2, -0.15) is 0 Å². The van der Waals surface area contributed by atoms with Crippen LogP contribution in [-0.2, 0) is 29.3 Å². The normalized spacial score (nSPS) is 23.8. The summed E-state index contributed by atoms with van der Waals surface area (Å²) in [5.74, 6) is 0. The standard InChI is InChI=1S/C17H24O5/c1-2-15-14-16(3-1)17(15)4-5-18-6-7-19-8-9-20-10-11-21-12-13-22-17/h1-3,14H,4-13H2. The lowest BCUT2D eigenvalue weighted by Gasteiger charge is -2.42. The van der Waals surface area contributed by atoms with Gasteiger partial charge in [0.05, 0.1) is 59.5 Å². The molecule has 1 saturated heterocycles. The van der Waals surface area contributed by atoms with E-state index in [0.717, 1.165) is 6.42 Å². The number of benzene rings is 1. The average Bonchev–Trinajstić information content (AvgIpc) is 2.55. The zero-order valence-electron chi connectivity index (χ0n) is 12.9. The molecule has 5 nitrogen and oxygen atoms in total. The largest absolute Gasteiger partial charge is 0.379 e. The maximum atomic E-state index is 6.17. The first-order valence-corrected chi connectivity index (χ1v) is 7.98. The SMILES string of the molecule is c1cc2cc(c1)C21CCOCCOCCOCCOCCO1. The van der Waals surface area contributed by atoms with Gasteiger partial charge in [-0.05, 0) is 17.2 Å². The first-order chi connectivity index (χ1) is 10.9. The second-order valence-electron chi connectivity index (χ2n) is 5.46. The predicted molar refractivity (Wildman–Crippen MR) is 81.1 cm³/mol. The molecule has 22 heavy (non-hydrogen) atoms. The fourth-order valence-corrected chi connectivity index (χ4v) is 2.89. The summed E-state index contributed by atoms with van der Waals surface area (Å²) in [6.07, 6.45) is 0.831. The summed E-state index contributed by atoms with van der Waals surface area (Å²) in [5, 5.41) is 0. The molecule has 1 aromatic rings. The molecule has 4 rings (SSSR count). The van der Waals surface area contributed by atoms with Gasteiger partial charge in [-0.1, -0.05) is 18.2 Å². The fraction of sp³-hybridized carbons (Fsp3) is 0.647. The summed E-state index contributed by atoms with van der Waals surface area (Å²) in [7, 11) is 0. The van der Waals surface area contributed by atoms with Crippen LogP contribution >= 0.6 is 0 Å². The molecule has 3 aliphatic rings. The van der Waals surface area contributed by atoms with Crippen molar-refractivity contribution in [1.82, 2.24) is 0 Å². The zero-order valence-corrected chi connectivity index (χ0v) is 12.9. The van der Waals surface area contributed by atoms with Gasteiger partial charge in [0.15, 0.2) is 0 Å². The van der Waals surface area contributed by atoms with Crippen LogP contribution in [0.5, 0.6) is 0 Å².